The van der Waals surface area contributed by atoms with Crippen molar-refractivity contribution in [3.05, 3.63) is 53.8 Å². The zero-order chi connectivity index (χ0) is 15.0. The molecule has 0 bridgehead atoms. The van der Waals surface area contributed by atoms with Gasteiger partial charge in [-0.3, -0.25) is 4.79 Å². The maximum atomic E-state index is 13.2. The summed E-state index contributed by atoms with van der Waals surface area (Å²) in [6, 6.07) is 11.0. The second kappa shape index (κ2) is 5.01. The van der Waals surface area contributed by atoms with Gasteiger partial charge < -0.3 is 9.52 Å². The molecule has 0 unspecified atom stereocenters. The zero-order valence-electron chi connectivity index (χ0n) is 11.2. The molecule has 3 aromatic rings. The average molecular weight is 285 g/mol. The predicted molar refractivity (Wildman–Crippen MR) is 75.5 cm³/mol. The van der Waals surface area contributed by atoms with Crippen LogP contribution in [0.4, 0.5) is 4.39 Å². The first-order valence-electron chi connectivity index (χ1n) is 6.44. The number of hydrogen-bond donors (Lipinski definition) is 1. The Balaban J connectivity index is 2.06. The lowest BCUT2D eigenvalue weighted by molar-refractivity contribution is -0.138. The Kier molecular flexibility index (Phi) is 3.17. The van der Waals surface area contributed by atoms with Crippen LogP contribution in [0.25, 0.3) is 22.6 Å². The van der Waals surface area contributed by atoms with Crippen molar-refractivity contribution in [1.82, 2.24) is 4.98 Å². The first-order chi connectivity index (χ1) is 10.0. The fourth-order valence-corrected chi connectivity index (χ4v) is 2.10. The highest BCUT2D eigenvalue weighted by molar-refractivity contribution is 5.81. The molecule has 0 aliphatic heterocycles. The quantitative estimate of drug-likeness (QED) is 0.794. The molecule has 1 N–H and O–H groups in total. The third-order valence-corrected chi connectivity index (χ3v) is 3.35. The SMILES string of the molecule is C[C@H](C(=O)O)c1ccc2oc(-c3cccc(F)c3)nc2c1. The van der Waals surface area contributed by atoms with Gasteiger partial charge in [-0.25, -0.2) is 9.37 Å². The Labute approximate surface area is 119 Å². The minimum absolute atomic E-state index is 0.310. The third-order valence-electron chi connectivity index (χ3n) is 3.35. The van der Waals surface area contributed by atoms with Gasteiger partial charge in [-0.05, 0) is 42.8 Å². The van der Waals surface area contributed by atoms with Crippen LogP contribution >= 0.6 is 0 Å². The molecule has 1 heterocycles. The van der Waals surface area contributed by atoms with Crippen molar-refractivity contribution in [2.45, 2.75) is 12.8 Å². The van der Waals surface area contributed by atoms with Crippen molar-refractivity contribution in [3.63, 3.8) is 0 Å². The van der Waals surface area contributed by atoms with Gasteiger partial charge in [0, 0.05) is 5.56 Å². The molecule has 21 heavy (non-hydrogen) atoms. The number of hydrogen-bond acceptors (Lipinski definition) is 3. The van der Waals surface area contributed by atoms with E-state index in [4.69, 9.17) is 9.52 Å². The Morgan fingerprint density at radius 2 is 2.10 bits per heavy atom. The summed E-state index contributed by atoms with van der Waals surface area (Å²) in [5.74, 6) is -1.58. The van der Waals surface area contributed by atoms with Crippen LogP contribution in [0.5, 0.6) is 0 Å². The zero-order valence-corrected chi connectivity index (χ0v) is 11.2. The number of halogens is 1. The van der Waals surface area contributed by atoms with Gasteiger partial charge in [-0.1, -0.05) is 12.1 Å². The highest BCUT2D eigenvalue weighted by Gasteiger charge is 2.16. The van der Waals surface area contributed by atoms with E-state index in [2.05, 4.69) is 4.98 Å². The van der Waals surface area contributed by atoms with Crippen LogP contribution in [0.1, 0.15) is 18.4 Å². The highest BCUT2D eigenvalue weighted by Crippen LogP contribution is 2.27. The van der Waals surface area contributed by atoms with Crippen LogP contribution in [0.15, 0.2) is 46.9 Å². The molecule has 0 fully saturated rings. The minimum Gasteiger partial charge on any atom is -0.481 e. The van der Waals surface area contributed by atoms with Crippen molar-refractivity contribution >= 4 is 17.1 Å². The second-order valence-corrected chi connectivity index (χ2v) is 4.82. The normalized spacial score (nSPS) is 12.5. The van der Waals surface area contributed by atoms with Crippen molar-refractivity contribution in [1.29, 1.82) is 0 Å². The van der Waals surface area contributed by atoms with Crippen molar-refractivity contribution in [2.75, 3.05) is 0 Å². The van der Waals surface area contributed by atoms with Crippen LogP contribution in [-0.2, 0) is 4.79 Å². The molecule has 0 aliphatic rings. The van der Waals surface area contributed by atoms with Gasteiger partial charge in [0.2, 0.25) is 5.89 Å². The number of aromatic nitrogens is 1. The molecule has 2 aromatic carbocycles. The molecule has 3 rings (SSSR count). The third kappa shape index (κ3) is 2.50. The monoisotopic (exact) mass is 285 g/mol. The Hall–Kier alpha value is -2.69. The van der Waals surface area contributed by atoms with Gasteiger partial charge in [0.1, 0.15) is 11.3 Å². The number of rotatable bonds is 3. The number of fused-ring (bicyclic) bond motifs is 1. The van der Waals surface area contributed by atoms with E-state index < -0.39 is 11.9 Å². The predicted octanol–water partition coefficient (Wildman–Crippen LogP) is 3.82. The molecule has 5 heteroatoms. The Morgan fingerprint density at radius 1 is 1.29 bits per heavy atom. The molecule has 1 aromatic heterocycles. The van der Waals surface area contributed by atoms with Gasteiger partial charge in [0.05, 0.1) is 5.92 Å². The van der Waals surface area contributed by atoms with E-state index in [0.29, 0.717) is 28.1 Å². The van der Waals surface area contributed by atoms with E-state index in [0.717, 1.165) is 0 Å². The Morgan fingerprint density at radius 3 is 2.81 bits per heavy atom. The van der Waals surface area contributed by atoms with E-state index in [-0.39, 0.29) is 5.82 Å². The number of nitrogens with zero attached hydrogens (tertiary/aromatic N) is 1. The van der Waals surface area contributed by atoms with Crippen molar-refractivity contribution in [2.24, 2.45) is 0 Å². The summed E-state index contributed by atoms with van der Waals surface area (Å²) >= 11 is 0. The first-order valence-corrected chi connectivity index (χ1v) is 6.44. The number of benzene rings is 2. The summed E-state index contributed by atoms with van der Waals surface area (Å²) in [6.45, 7) is 1.61. The van der Waals surface area contributed by atoms with Crippen LogP contribution in [0, 0.1) is 5.82 Å². The van der Waals surface area contributed by atoms with E-state index in [1.165, 1.54) is 12.1 Å². The lowest BCUT2D eigenvalue weighted by atomic mass is 10.0. The summed E-state index contributed by atoms with van der Waals surface area (Å²) in [5.41, 5.74) is 2.28. The number of carboxylic acid groups (broad SMARTS) is 1. The van der Waals surface area contributed by atoms with Crippen LogP contribution in [0.2, 0.25) is 0 Å². The number of carbonyl (C=O) groups is 1. The highest BCUT2D eigenvalue weighted by atomic mass is 19.1. The van der Waals surface area contributed by atoms with Crippen LogP contribution < -0.4 is 0 Å². The smallest absolute Gasteiger partial charge is 0.310 e. The summed E-state index contributed by atoms with van der Waals surface area (Å²) in [6.07, 6.45) is 0. The van der Waals surface area contributed by atoms with Gasteiger partial charge in [-0.15, -0.1) is 0 Å². The fourth-order valence-electron chi connectivity index (χ4n) is 2.10. The standard InChI is InChI=1S/C16H12FNO3/c1-9(16(19)20)10-5-6-14-13(8-10)18-15(21-14)11-3-2-4-12(17)7-11/h2-9H,1H3,(H,19,20)/t9-/m0/s1. The molecule has 1 atom stereocenters. The molecule has 0 spiro atoms. The molecule has 106 valence electrons. The lowest BCUT2D eigenvalue weighted by Crippen LogP contribution is -2.06. The maximum absolute atomic E-state index is 13.2. The first kappa shape index (κ1) is 13.3. The van der Waals surface area contributed by atoms with E-state index in [1.54, 1.807) is 37.3 Å². The average Bonchev–Trinajstić information content (AvgIpc) is 2.89. The molecular weight excluding hydrogens is 273 g/mol. The summed E-state index contributed by atoms with van der Waals surface area (Å²) in [7, 11) is 0. The number of oxazole rings is 1. The fraction of sp³-hybridized carbons (Fsp3) is 0.125. The van der Waals surface area contributed by atoms with Gasteiger partial charge >= 0.3 is 5.97 Å². The van der Waals surface area contributed by atoms with Crippen molar-refractivity contribution < 1.29 is 18.7 Å². The molecular formula is C16H12FNO3. The minimum atomic E-state index is -0.900. The topological polar surface area (TPSA) is 63.3 Å². The van der Waals surface area contributed by atoms with Crippen LogP contribution in [-0.4, -0.2) is 16.1 Å². The molecule has 0 saturated heterocycles. The van der Waals surface area contributed by atoms with Gasteiger partial charge in [0.15, 0.2) is 5.58 Å². The molecule has 0 aliphatic carbocycles. The number of carboxylic acids is 1. The molecule has 0 amide bonds. The van der Waals surface area contributed by atoms with Crippen molar-refractivity contribution in [3.8, 4) is 11.5 Å². The molecule has 4 nitrogen and oxygen atoms in total. The van der Waals surface area contributed by atoms with E-state index in [1.807, 2.05) is 0 Å². The molecule has 0 radical (unpaired) electrons. The second-order valence-electron chi connectivity index (χ2n) is 4.82. The van der Waals surface area contributed by atoms with Gasteiger partial charge in [0.25, 0.3) is 0 Å². The summed E-state index contributed by atoms with van der Waals surface area (Å²) < 4.78 is 18.8. The maximum Gasteiger partial charge on any atom is 0.310 e. The summed E-state index contributed by atoms with van der Waals surface area (Å²) in [5, 5.41) is 9.04. The number of aliphatic carboxylic acids is 1. The van der Waals surface area contributed by atoms with E-state index in [9.17, 15) is 9.18 Å². The summed E-state index contributed by atoms with van der Waals surface area (Å²) in [4.78, 5) is 15.3. The van der Waals surface area contributed by atoms with Gasteiger partial charge in [-0.2, -0.15) is 0 Å². The lowest BCUT2D eigenvalue weighted by Gasteiger charge is -2.04. The van der Waals surface area contributed by atoms with E-state index >= 15 is 0 Å². The molecule has 0 saturated carbocycles. The Bertz CT molecular complexity index is 825. The van der Waals surface area contributed by atoms with Crippen LogP contribution in [0.3, 0.4) is 0 Å². The largest absolute Gasteiger partial charge is 0.481 e.